The number of amides is 2. The van der Waals surface area contributed by atoms with Gasteiger partial charge in [-0.15, -0.1) is 11.8 Å². The Labute approximate surface area is 138 Å². The van der Waals surface area contributed by atoms with Crippen molar-refractivity contribution < 1.29 is 9.59 Å². The molecule has 0 fully saturated rings. The number of nitrogens with one attached hydrogen (secondary N) is 2. The molecule has 0 aliphatic heterocycles. The Morgan fingerprint density at radius 2 is 1.50 bits per heavy atom. The van der Waals surface area contributed by atoms with Crippen LogP contribution in [-0.4, -0.2) is 17.6 Å². The quantitative estimate of drug-likeness (QED) is 0.812. The second-order valence-corrected chi connectivity index (χ2v) is 6.03. The lowest BCUT2D eigenvalue weighted by molar-refractivity contribution is -0.114. The van der Waals surface area contributed by atoms with Crippen LogP contribution in [0.4, 0.5) is 11.4 Å². The molecule has 0 saturated carbocycles. The van der Waals surface area contributed by atoms with Gasteiger partial charge in [0.05, 0.1) is 5.75 Å². The fraction of sp³-hybridized carbons (Fsp3) is 0.125. The van der Waals surface area contributed by atoms with Gasteiger partial charge < -0.3 is 10.6 Å². The van der Waals surface area contributed by atoms with Crippen LogP contribution in [0.15, 0.2) is 53.4 Å². The first kappa shape index (κ1) is 16.4. The minimum absolute atomic E-state index is 0.0849. The lowest BCUT2D eigenvalue weighted by Crippen LogP contribution is -2.13. The number of thioether (sulfide) groups is 1. The Kier molecular flexibility index (Phi) is 5.86. The van der Waals surface area contributed by atoms with Crippen LogP contribution < -0.4 is 10.6 Å². The van der Waals surface area contributed by atoms with E-state index in [0.29, 0.717) is 10.8 Å². The van der Waals surface area contributed by atoms with Crippen molar-refractivity contribution in [3.63, 3.8) is 0 Å². The first-order chi connectivity index (χ1) is 10.5. The molecule has 114 valence electrons. The summed E-state index contributed by atoms with van der Waals surface area (Å²) in [5, 5.41) is 6.13. The van der Waals surface area contributed by atoms with Crippen molar-refractivity contribution in [1.29, 1.82) is 0 Å². The van der Waals surface area contributed by atoms with E-state index in [1.807, 2.05) is 12.1 Å². The number of carbonyl (C=O) groups is 2. The van der Waals surface area contributed by atoms with Crippen molar-refractivity contribution in [3.8, 4) is 0 Å². The lowest BCUT2D eigenvalue weighted by atomic mass is 10.3. The van der Waals surface area contributed by atoms with Gasteiger partial charge in [-0.2, -0.15) is 0 Å². The normalized spacial score (nSPS) is 10.1. The van der Waals surface area contributed by atoms with Gasteiger partial charge in [-0.25, -0.2) is 0 Å². The molecule has 0 bridgehead atoms. The van der Waals surface area contributed by atoms with Gasteiger partial charge in [0.15, 0.2) is 0 Å². The number of carbonyl (C=O) groups excluding carboxylic acids is 2. The number of rotatable bonds is 5. The minimum Gasteiger partial charge on any atom is -0.326 e. The molecular weight excluding hydrogens is 320 g/mol. The minimum atomic E-state index is -0.109. The molecule has 0 radical (unpaired) electrons. The zero-order chi connectivity index (χ0) is 15.9. The Morgan fingerprint density at radius 1 is 0.955 bits per heavy atom. The third-order valence-corrected chi connectivity index (χ3v) is 3.94. The second-order valence-electron chi connectivity index (χ2n) is 4.55. The second kappa shape index (κ2) is 7.87. The van der Waals surface area contributed by atoms with Gasteiger partial charge in [0.2, 0.25) is 11.8 Å². The molecule has 2 aromatic rings. The van der Waals surface area contributed by atoms with E-state index in [1.54, 1.807) is 36.4 Å². The fourth-order valence-corrected chi connectivity index (χ4v) is 2.54. The van der Waals surface area contributed by atoms with E-state index in [1.165, 1.54) is 18.7 Å². The van der Waals surface area contributed by atoms with Crippen LogP contribution in [0.2, 0.25) is 5.02 Å². The average molecular weight is 335 g/mol. The van der Waals surface area contributed by atoms with Gasteiger partial charge >= 0.3 is 0 Å². The Bertz CT molecular complexity index is 657. The van der Waals surface area contributed by atoms with E-state index in [9.17, 15) is 9.59 Å². The van der Waals surface area contributed by atoms with Crippen LogP contribution in [0, 0.1) is 0 Å². The number of hydrogen-bond acceptors (Lipinski definition) is 3. The van der Waals surface area contributed by atoms with Gasteiger partial charge in [0.1, 0.15) is 0 Å². The fourth-order valence-electron chi connectivity index (χ4n) is 1.72. The van der Waals surface area contributed by atoms with E-state index in [0.717, 1.165) is 16.3 Å². The molecule has 6 heteroatoms. The van der Waals surface area contributed by atoms with Crippen LogP contribution in [0.25, 0.3) is 0 Å². The highest BCUT2D eigenvalue weighted by Gasteiger charge is 2.04. The molecule has 0 spiro atoms. The van der Waals surface area contributed by atoms with Gasteiger partial charge in [-0.05, 0) is 48.5 Å². The van der Waals surface area contributed by atoms with Gasteiger partial charge in [0, 0.05) is 28.2 Å². The van der Waals surface area contributed by atoms with Crippen molar-refractivity contribution in [2.45, 2.75) is 11.8 Å². The van der Waals surface area contributed by atoms with E-state index >= 15 is 0 Å². The summed E-state index contributed by atoms with van der Waals surface area (Å²) in [7, 11) is 0. The molecule has 0 aliphatic carbocycles. The summed E-state index contributed by atoms with van der Waals surface area (Å²) in [4.78, 5) is 23.8. The van der Waals surface area contributed by atoms with Crippen LogP contribution in [-0.2, 0) is 9.59 Å². The summed E-state index contributed by atoms with van der Waals surface area (Å²) < 4.78 is 0. The van der Waals surface area contributed by atoms with E-state index in [4.69, 9.17) is 11.6 Å². The van der Waals surface area contributed by atoms with E-state index in [2.05, 4.69) is 10.6 Å². The molecule has 0 heterocycles. The predicted molar refractivity (Wildman–Crippen MR) is 91.6 cm³/mol. The smallest absolute Gasteiger partial charge is 0.234 e. The molecule has 2 N–H and O–H groups in total. The largest absolute Gasteiger partial charge is 0.326 e. The van der Waals surface area contributed by atoms with Gasteiger partial charge in [0.25, 0.3) is 0 Å². The molecule has 4 nitrogen and oxygen atoms in total. The monoisotopic (exact) mass is 334 g/mol. The highest BCUT2D eigenvalue weighted by Crippen LogP contribution is 2.21. The van der Waals surface area contributed by atoms with Crippen molar-refractivity contribution in [1.82, 2.24) is 0 Å². The van der Waals surface area contributed by atoms with Crippen molar-refractivity contribution >= 4 is 46.6 Å². The Hall–Kier alpha value is -1.98. The summed E-state index contributed by atoms with van der Waals surface area (Å²) in [6.07, 6.45) is 0. The maximum Gasteiger partial charge on any atom is 0.234 e. The van der Waals surface area contributed by atoms with Crippen molar-refractivity contribution in [3.05, 3.63) is 53.6 Å². The van der Waals surface area contributed by atoms with Crippen molar-refractivity contribution in [2.75, 3.05) is 16.4 Å². The van der Waals surface area contributed by atoms with Gasteiger partial charge in [-0.1, -0.05) is 11.6 Å². The predicted octanol–water partition coefficient (Wildman–Crippen LogP) is 4.03. The zero-order valence-electron chi connectivity index (χ0n) is 11.9. The summed E-state index contributed by atoms with van der Waals surface area (Å²) in [6.45, 7) is 1.46. The molecule has 2 rings (SSSR count). The zero-order valence-corrected chi connectivity index (χ0v) is 13.5. The molecule has 0 aromatic heterocycles. The number of benzene rings is 2. The number of anilines is 2. The third kappa shape index (κ3) is 5.42. The SMILES string of the molecule is CC(=O)Nc1ccc(SCC(=O)Nc2ccc(Cl)cc2)cc1. The topological polar surface area (TPSA) is 58.2 Å². The highest BCUT2D eigenvalue weighted by molar-refractivity contribution is 8.00. The molecule has 2 aromatic carbocycles. The molecule has 22 heavy (non-hydrogen) atoms. The molecular formula is C16H15ClN2O2S. The van der Waals surface area contributed by atoms with Crippen LogP contribution in [0.1, 0.15) is 6.92 Å². The van der Waals surface area contributed by atoms with Crippen LogP contribution >= 0.6 is 23.4 Å². The average Bonchev–Trinajstić information content (AvgIpc) is 2.48. The molecule has 0 saturated heterocycles. The summed E-state index contributed by atoms with van der Waals surface area (Å²) in [6, 6.07) is 14.3. The summed E-state index contributed by atoms with van der Waals surface area (Å²) in [5.41, 5.74) is 1.46. The molecule has 0 unspecified atom stereocenters. The lowest BCUT2D eigenvalue weighted by Gasteiger charge is -2.06. The van der Waals surface area contributed by atoms with E-state index in [-0.39, 0.29) is 11.8 Å². The summed E-state index contributed by atoms with van der Waals surface area (Å²) in [5.74, 6) is 0.114. The summed E-state index contributed by atoms with van der Waals surface area (Å²) >= 11 is 7.22. The molecule has 0 aliphatic rings. The van der Waals surface area contributed by atoms with Gasteiger partial charge in [-0.3, -0.25) is 9.59 Å². The number of halogens is 1. The van der Waals surface area contributed by atoms with Crippen LogP contribution in [0.3, 0.4) is 0 Å². The maximum absolute atomic E-state index is 11.9. The third-order valence-electron chi connectivity index (χ3n) is 2.67. The maximum atomic E-state index is 11.9. The first-order valence-corrected chi connectivity index (χ1v) is 7.95. The highest BCUT2D eigenvalue weighted by atomic mass is 35.5. The Morgan fingerprint density at radius 3 is 2.09 bits per heavy atom. The van der Waals surface area contributed by atoms with E-state index < -0.39 is 0 Å². The molecule has 0 atom stereocenters. The number of hydrogen-bond donors (Lipinski definition) is 2. The van der Waals surface area contributed by atoms with Crippen LogP contribution in [0.5, 0.6) is 0 Å². The molecule has 2 amide bonds. The van der Waals surface area contributed by atoms with Crippen molar-refractivity contribution in [2.24, 2.45) is 0 Å². The standard InChI is InChI=1S/C16H15ClN2O2S/c1-11(20)18-13-6-8-15(9-7-13)22-10-16(21)19-14-4-2-12(17)3-5-14/h2-9H,10H2,1H3,(H,18,20)(H,19,21). The first-order valence-electron chi connectivity index (χ1n) is 6.59. The Balaban J connectivity index is 1.83.